The molecule has 28 heavy (non-hydrogen) atoms. The number of carbonyl (C=O) groups excluding carboxylic acids is 2. The molecule has 1 N–H and O–H groups in total. The molecule has 0 aromatic heterocycles. The minimum atomic E-state index is -1.18. The van der Waals surface area contributed by atoms with E-state index in [9.17, 15) is 18.8 Å². The third-order valence-electron chi connectivity index (χ3n) is 4.57. The summed E-state index contributed by atoms with van der Waals surface area (Å²) >= 11 is 0. The Morgan fingerprint density at radius 3 is 2.32 bits per heavy atom. The quantitative estimate of drug-likeness (QED) is 0.740. The summed E-state index contributed by atoms with van der Waals surface area (Å²) in [5, 5.41) is 9.16. The summed E-state index contributed by atoms with van der Waals surface area (Å²) < 4.78 is 18.3. The second-order valence-corrected chi connectivity index (χ2v) is 6.34. The molecule has 2 aromatic rings. The van der Waals surface area contributed by atoms with Crippen LogP contribution in [-0.4, -0.2) is 47.6 Å². The highest BCUT2D eigenvalue weighted by Gasteiger charge is 2.46. The molecule has 0 aliphatic carbocycles. The van der Waals surface area contributed by atoms with Crippen LogP contribution in [0.2, 0.25) is 0 Å². The number of hydrogen-bond acceptors (Lipinski definition) is 4. The monoisotopic (exact) mass is 386 g/mol. The van der Waals surface area contributed by atoms with Gasteiger partial charge in [-0.3, -0.25) is 9.59 Å². The van der Waals surface area contributed by atoms with E-state index in [2.05, 4.69) is 0 Å². The lowest BCUT2D eigenvalue weighted by atomic mass is 10.1. The molecule has 0 bridgehead atoms. The van der Waals surface area contributed by atoms with Crippen LogP contribution in [0.4, 0.5) is 14.9 Å². The highest BCUT2D eigenvalue weighted by atomic mass is 19.1. The van der Waals surface area contributed by atoms with Gasteiger partial charge >= 0.3 is 12.0 Å². The first kappa shape index (κ1) is 19.3. The van der Waals surface area contributed by atoms with Crippen LogP contribution in [0.3, 0.4) is 0 Å². The predicted molar refractivity (Wildman–Crippen MR) is 98.7 cm³/mol. The van der Waals surface area contributed by atoms with Crippen LogP contribution in [0.25, 0.3) is 0 Å². The summed E-state index contributed by atoms with van der Waals surface area (Å²) in [6.07, 6.45) is -0.0543. The lowest BCUT2D eigenvalue weighted by Gasteiger charge is -2.20. The Hall–Kier alpha value is -3.42. The maximum atomic E-state index is 13.2. The third kappa shape index (κ3) is 3.95. The van der Waals surface area contributed by atoms with Gasteiger partial charge in [-0.15, -0.1) is 0 Å². The largest absolute Gasteiger partial charge is 0.497 e. The standard InChI is InChI=1S/C20H19FN2O5/c1-28-16-8-2-13(3-9-16)10-11-22-17(12-18(24)25)19(26)23(20(22)27)15-6-4-14(21)5-7-15/h2-9,17H,10-12H2,1H3,(H,24,25). The highest BCUT2D eigenvalue weighted by molar-refractivity contribution is 6.21. The topological polar surface area (TPSA) is 87.2 Å². The number of anilines is 1. The van der Waals surface area contributed by atoms with Crippen molar-refractivity contribution in [1.29, 1.82) is 0 Å². The van der Waals surface area contributed by atoms with Gasteiger partial charge in [0.05, 0.1) is 19.2 Å². The molecular formula is C20H19FN2O5. The summed E-state index contributed by atoms with van der Waals surface area (Å²) in [5.74, 6) is -1.61. The predicted octanol–water partition coefficient (Wildman–Crippen LogP) is 2.69. The van der Waals surface area contributed by atoms with Crippen molar-refractivity contribution in [2.45, 2.75) is 18.9 Å². The average Bonchev–Trinajstić information content (AvgIpc) is 2.90. The van der Waals surface area contributed by atoms with Crippen LogP contribution in [0, 0.1) is 5.82 Å². The molecule has 2 aromatic carbocycles. The number of urea groups is 1. The van der Waals surface area contributed by atoms with Gasteiger partial charge in [-0.2, -0.15) is 0 Å². The van der Waals surface area contributed by atoms with Crippen molar-refractivity contribution in [2.75, 3.05) is 18.6 Å². The van der Waals surface area contributed by atoms with Crippen molar-refractivity contribution in [2.24, 2.45) is 0 Å². The van der Waals surface area contributed by atoms with Crippen LogP contribution in [-0.2, 0) is 16.0 Å². The smallest absolute Gasteiger partial charge is 0.332 e. The molecule has 1 heterocycles. The fraction of sp³-hybridized carbons (Fsp3) is 0.250. The molecule has 1 unspecified atom stereocenters. The number of carbonyl (C=O) groups is 3. The minimum absolute atomic E-state index is 0.173. The summed E-state index contributed by atoms with van der Waals surface area (Å²) in [4.78, 5) is 38.9. The van der Waals surface area contributed by atoms with E-state index in [1.165, 1.54) is 17.0 Å². The zero-order valence-electron chi connectivity index (χ0n) is 15.2. The summed E-state index contributed by atoms with van der Waals surface area (Å²) in [6, 6.07) is 10.4. The van der Waals surface area contributed by atoms with E-state index in [1.807, 2.05) is 12.1 Å². The molecule has 1 aliphatic rings. The second-order valence-electron chi connectivity index (χ2n) is 6.34. The van der Waals surface area contributed by atoms with E-state index in [0.29, 0.717) is 12.2 Å². The molecule has 8 heteroatoms. The third-order valence-corrected chi connectivity index (χ3v) is 4.57. The Labute approximate surface area is 160 Å². The molecule has 3 rings (SSSR count). The van der Waals surface area contributed by atoms with E-state index < -0.39 is 36.2 Å². The van der Waals surface area contributed by atoms with E-state index >= 15 is 0 Å². The molecule has 0 saturated carbocycles. The molecular weight excluding hydrogens is 367 g/mol. The number of ether oxygens (including phenoxy) is 1. The lowest BCUT2D eigenvalue weighted by molar-refractivity contribution is -0.139. The number of amides is 3. The van der Waals surface area contributed by atoms with Crippen molar-refractivity contribution >= 4 is 23.6 Å². The van der Waals surface area contributed by atoms with Crippen molar-refractivity contribution in [3.63, 3.8) is 0 Å². The Morgan fingerprint density at radius 2 is 1.75 bits per heavy atom. The Balaban J connectivity index is 1.81. The zero-order chi connectivity index (χ0) is 20.3. The van der Waals surface area contributed by atoms with Gasteiger partial charge in [-0.25, -0.2) is 14.1 Å². The van der Waals surface area contributed by atoms with Gasteiger partial charge in [0.25, 0.3) is 5.91 Å². The first-order valence-electron chi connectivity index (χ1n) is 8.65. The van der Waals surface area contributed by atoms with Gasteiger partial charge in [0.15, 0.2) is 0 Å². The van der Waals surface area contributed by atoms with Crippen molar-refractivity contribution in [3.8, 4) is 5.75 Å². The summed E-state index contributed by atoms with van der Waals surface area (Å²) in [7, 11) is 1.56. The van der Waals surface area contributed by atoms with Gasteiger partial charge in [-0.05, 0) is 48.4 Å². The maximum absolute atomic E-state index is 13.2. The van der Waals surface area contributed by atoms with Crippen molar-refractivity contribution in [1.82, 2.24) is 4.90 Å². The van der Waals surface area contributed by atoms with Gasteiger partial charge in [0, 0.05) is 6.54 Å². The number of hydrogen-bond donors (Lipinski definition) is 1. The Morgan fingerprint density at radius 1 is 1.11 bits per heavy atom. The number of rotatable bonds is 7. The first-order chi connectivity index (χ1) is 13.4. The highest BCUT2D eigenvalue weighted by Crippen LogP contribution is 2.27. The average molecular weight is 386 g/mol. The fourth-order valence-corrected chi connectivity index (χ4v) is 3.12. The molecule has 3 amide bonds. The number of carboxylic acids is 1. The number of methoxy groups -OCH3 is 1. The summed E-state index contributed by atoms with van der Waals surface area (Å²) in [6.45, 7) is 0.173. The van der Waals surface area contributed by atoms with Crippen LogP contribution in [0.5, 0.6) is 5.75 Å². The van der Waals surface area contributed by atoms with Crippen LogP contribution < -0.4 is 9.64 Å². The van der Waals surface area contributed by atoms with Gasteiger partial charge in [0.2, 0.25) is 0 Å². The summed E-state index contributed by atoms with van der Waals surface area (Å²) in [5.41, 5.74) is 1.12. The molecule has 1 fully saturated rings. The number of halogens is 1. The van der Waals surface area contributed by atoms with E-state index in [1.54, 1.807) is 19.2 Å². The van der Waals surface area contributed by atoms with Gasteiger partial charge in [-0.1, -0.05) is 12.1 Å². The molecule has 0 spiro atoms. The van der Waals surface area contributed by atoms with Crippen LogP contribution in [0.15, 0.2) is 48.5 Å². The van der Waals surface area contributed by atoms with E-state index in [-0.39, 0.29) is 12.2 Å². The number of nitrogens with zero attached hydrogens (tertiary/aromatic N) is 2. The molecule has 1 atom stereocenters. The Bertz CT molecular complexity index is 882. The molecule has 0 radical (unpaired) electrons. The molecule has 7 nitrogen and oxygen atoms in total. The van der Waals surface area contributed by atoms with Gasteiger partial charge < -0.3 is 14.7 Å². The van der Waals surface area contributed by atoms with E-state index in [0.717, 1.165) is 22.6 Å². The molecule has 146 valence electrons. The number of imide groups is 1. The van der Waals surface area contributed by atoms with Crippen LogP contribution in [0.1, 0.15) is 12.0 Å². The zero-order valence-corrected chi connectivity index (χ0v) is 15.2. The second kappa shape index (κ2) is 8.08. The van der Waals surface area contributed by atoms with Crippen LogP contribution >= 0.6 is 0 Å². The van der Waals surface area contributed by atoms with E-state index in [4.69, 9.17) is 9.84 Å². The maximum Gasteiger partial charge on any atom is 0.332 e. The normalized spacial score (nSPS) is 16.6. The van der Waals surface area contributed by atoms with Crippen molar-refractivity contribution in [3.05, 3.63) is 59.9 Å². The number of benzene rings is 2. The fourth-order valence-electron chi connectivity index (χ4n) is 3.12. The lowest BCUT2D eigenvalue weighted by Crippen LogP contribution is -2.38. The minimum Gasteiger partial charge on any atom is -0.497 e. The molecule has 1 aliphatic heterocycles. The SMILES string of the molecule is COc1ccc(CCN2C(=O)N(c3ccc(F)cc3)C(=O)C2CC(=O)O)cc1. The molecule has 1 saturated heterocycles. The number of carboxylic acid groups (broad SMARTS) is 1. The Kier molecular flexibility index (Phi) is 5.58. The number of aliphatic carboxylic acids is 1. The van der Waals surface area contributed by atoms with Crippen molar-refractivity contribution < 1.29 is 28.6 Å². The van der Waals surface area contributed by atoms with Gasteiger partial charge in [0.1, 0.15) is 17.6 Å². The first-order valence-corrected chi connectivity index (χ1v) is 8.65.